The van der Waals surface area contributed by atoms with Crippen molar-refractivity contribution in [2.24, 2.45) is 11.7 Å². The molecular formula is C13H26N2O2. The van der Waals surface area contributed by atoms with E-state index in [4.69, 9.17) is 10.5 Å². The molecular weight excluding hydrogens is 216 g/mol. The average molecular weight is 242 g/mol. The van der Waals surface area contributed by atoms with Crippen molar-refractivity contribution in [2.75, 3.05) is 13.2 Å². The number of amides is 1. The summed E-state index contributed by atoms with van der Waals surface area (Å²) in [6, 6.07) is 0.241. The molecule has 3 unspecified atom stereocenters. The normalized spacial score (nSPS) is 25.8. The molecule has 1 amide bonds. The lowest BCUT2D eigenvalue weighted by molar-refractivity contribution is -0.129. The van der Waals surface area contributed by atoms with Crippen molar-refractivity contribution in [1.82, 2.24) is 5.32 Å². The molecule has 1 rings (SSSR count). The van der Waals surface area contributed by atoms with Crippen LogP contribution >= 0.6 is 0 Å². The highest BCUT2D eigenvalue weighted by molar-refractivity contribution is 5.77. The van der Waals surface area contributed by atoms with Crippen molar-refractivity contribution in [3.63, 3.8) is 0 Å². The highest BCUT2D eigenvalue weighted by Gasteiger charge is 2.27. The summed E-state index contributed by atoms with van der Waals surface area (Å²) in [5, 5.41) is 2.94. The molecule has 1 aliphatic carbocycles. The first kappa shape index (κ1) is 14.5. The average Bonchev–Trinajstić information content (AvgIpc) is 2.73. The summed E-state index contributed by atoms with van der Waals surface area (Å²) in [5.74, 6) is 0.435. The van der Waals surface area contributed by atoms with Crippen LogP contribution in [0.5, 0.6) is 0 Å². The van der Waals surface area contributed by atoms with E-state index < -0.39 is 0 Å². The third-order valence-electron chi connectivity index (χ3n) is 3.45. The SMILES string of the molecule is CCCC(C)NC(=O)COC1CCCC1CN. The summed E-state index contributed by atoms with van der Waals surface area (Å²) >= 11 is 0. The van der Waals surface area contributed by atoms with Crippen LogP contribution in [0.4, 0.5) is 0 Å². The molecule has 4 heteroatoms. The number of hydrogen-bond acceptors (Lipinski definition) is 3. The summed E-state index contributed by atoms with van der Waals surface area (Å²) in [6.45, 7) is 4.98. The lowest BCUT2D eigenvalue weighted by atomic mass is 10.1. The quantitative estimate of drug-likeness (QED) is 0.710. The van der Waals surface area contributed by atoms with Crippen molar-refractivity contribution in [3.05, 3.63) is 0 Å². The second kappa shape index (κ2) is 7.67. The van der Waals surface area contributed by atoms with Gasteiger partial charge in [-0.3, -0.25) is 4.79 Å². The van der Waals surface area contributed by atoms with Crippen molar-refractivity contribution >= 4 is 5.91 Å². The zero-order valence-corrected chi connectivity index (χ0v) is 11.1. The Labute approximate surface area is 104 Å². The van der Waals surface area contributed by atoms with Gasteiger partial charge in [-0.1, -0.05) is 19.8 Å². The third-order valence-corrected chi connectivity index (χ3v) is 3.45. The second-order valence-electron chi connectivity index (χ2n) is 5.03. The van der Waals surface area contributed by atoms with Crippen LogP contribution in [-0.4, -0.2) is 31.2 Å². The Kier molecular flexibility index (Phi) is 6.52. The van der Waals surface area contributed by atoms with Gasteiger partial charge in [-0.25, -0.2) is 0 Å². The molecule has 1 fully saturated rings. The summed E-state index contributed by atoms with van der Waals surface area (Å²) in [4.78, 5) is 11.6. The number of carbonyl (C=O) groups excluding carboxylic acids is 1. The molecule has 1 aliphatic rings. The van der Waals surface area contributed by atoms with Crippen LogP contribution in [0.2, 0.25) is 0 Å². The smallest absolute Gasteiger partial charge is 0.246 e. The highest BCUT2D eigenvalue weighted by atomic mass is 16.5. The Hall–Kier alpha value is -0.610. The number of hydrogen-bond donors (Lipinski definition) is 2. The van der Waals surface area contributed by atoms with Gasteiger partial charge in [0.1, 0.15) is 6.61 Å². The fraction of sp³-hybridized carbons (Fsp3) is 0.923. The van der Waals surface area contributed by atoms with Crippen LogP contribution in [0.25, 0.3) is 0 Å². The van der Waals surface area contributed by atoms with Gasteiger partial charge in [-0.15, -0.1) is 0 Å². The molecule has 17 heavy (non-hydrogen) atoms. The molecule has 3 N–H and O–H groups in total. The lowest BCUT2D eigenvalue weighted by Gasteiger charge is -2.19. The van der Waals surface area contributed by atoms with Gasteiger partial charge in [-0.05, 0) is 38.6 Å². The molecule has 3 atom stereocenters. The van der Waals surface area contributed by atoms with E-state index in [1.165, 1.54) is 6.42 Å². The largest absolute Gasteiger partial charge is 0.368 e. The van der Waals surface area contributed by atoms with Crippen LogP contribution in [0, 0.1) is 5.92 Å². The van der Waals surface area contributed by atoms with E-state index in [-0.39, 0.29) is 24.7 Å². The van der Waals surface area contributed by atoms with Gasteiger partial charge >= 0.3 is 0 Å². The topological polar surface area (TPSA) is 64.3 Å². The van der Waals surface area contributed by atoms with Gasteiger partial charge in [0.05, 0.1) is 6.10 Å². The van der Waals surface area contributed by atoms with Gasteiger partial charge in [0, 0.05) is 6.04 Å². The van der Waals surface area contributed by atoms with Gasteiger partial charge in [-0.2, -0.15) is 0 Å². The van der Waals surface area contributed by atoms with E-state index in [1.807, 2.05) is 6.92 Å². The third kappa shape index (κ3) is 5.04. The van der Waals surface area contributed by atoms with E-state index in [0.717, 1.165) is 25.7 Å². The maximum atomic E-state index is 11.6. The minimum Gasteiger partial charge on any atom is -0.368 e. The predicted octanol–water partition coefficient (Wildman–Crippen LogP) is 1.44. The molecule has 0 radical (unpaired) electrons. The Bertz CT molecular complexity index is 233. The number of carbonyl (C=O) groups is 1. The number of ether oxygens (including phenoxy) is 1. The fourth-order valence-corrected chi connectivity index (χ4v) is 2.50. The minimum absolute atomic E-state index is 0.00591. The van der Waals surface area contributed by atoms with Gasteiger partial charge in [0.25, 0.3) is 0 Å². The molecule has 0 saturated heterocycles. The van der Waals surface area contributed by atoms with E-state index >= 15 is 0 Å². The molecule has 0 bridgehead atoms. The molecule has 0 aromatic rings. The summed E-state index contributed by atoms with van der Waals surface area (Å²) in [5.41, 5.74) is 5.67. The fourth-order valence-electron chi connectivity index (χ4n) is 2.50. The number of nitrogens with two attached hydrogens (primary N) is 1. The highest BCUT2D eigenvalue weighted by Crippen LogP contribution is 2.27. The van der Waals surface area contributed by atoms with Crippen LogP contribution in [0.3, 0.4) is 0 Å². The molecule has 0 aliphatic heterocycles. The number of rotatable bonds is 7. The Morgan fingerprint density at radius 1 is 1.53 bits per heavy atom. The van der Waals surface area contributed by atoms with Crippen LogP contribution in [-0.2, 0) is 9.53 Å². The molecule has 100 valence electrons. The van der Waals surface area contributed by atoms with E-state index in [1.54, 1.807) is 0 Å². The lowest BCUT2D eigenvalue weighted by Crippen LogP contribution is -2.37. The van der Waals surface area contributed by atoms with Crippen molar-refractivity contribution < 1.29 is 9.53 Å². The molecule has 1 saturated carbocycles. The van der Waals surface area contributed by atoms with Crippen LogP contribution in [0.1, 0.15) is 46.0 Å². The minimum atomic E-state index is -0.00591. The van der Waals surface area contributed by atoms with Crippen molar-refractivity contribution in [3.8, 4) is 0 Å². The maximum absolute atomic E-state index is 11.6. The summed E-state index contributed by atoms with van der Waals surface area (Å²) in [6.07, 6.45) is 5.63. The standard InChI is InChI=1S/C13H26N2O2/c1-3-5-10(2)15-13(16)9-17-12-7-4-6-11(12)8-14/h10-12H,3-9,14H2,1-2H3,(H,15,16). The predicted molar refractivity (Wildman–Crippen MR) is 68.6 cm³/mol. The van der Waals surface area contributed by atoms with Gasteiger partial charge in [0.2, 0.25) is 5.91 Å². The molecule has 0 aromatic carbocycles. The molecule has 0 heterocycles. The zero-order valence-electron chi connectivity index (χ0n) is 11.1. The zero-order chi connectivity index (χ0) is 12.7. The first-order valence-electron chi connectivity index (χ1n) is 6.78. The van der Waals surface area contributed by atoms with Crippen molar-refractivity contribution in [1.29, 1.82) is 0 Å². The summed E-state index contributed by atoms with van der Waals surface area (Å²) < 4.78 is 5.66. The Balaban J connectivity index is 2.19. The maximum Gasteiger partial charge on any atom is 0.246 e. The van der Waals surface area contributed by atoms with E-state index in [9.17, 15) is 4.79 Å². The van der Waals surface area contributed by atoms with E-state index in [2.05, 4.69) is 12.2 Å². The first-order valence-corrected chi connectivity index (χ1v) is 6.78. The monoisotopic (exact) mass is 242 g/mol. The first-order chi connectivity index (χ1) is 8.17. The van der Waals surface area contributed by atoms with E-state index in [0.29, 0.717) is 12.5 Å². The van der Waals surface area contributed by atoms with Crippen LogP contribution < -0.4 is 11.1 Å². The summed E-state index contributed by atoms with van der Waals surface area (Å²) in [7, 11) is 0. The van der Waals surface area contributed by atoms with Crippen LogP contribution in [0.15, 0.2) is 0 Å². The molecule has 0 spiro atoms. The number of nitrogens with one attached hydrogen (secondary N) is 1. The Morgan fingerprint density at radius 3 is 2.94 bits per heavy atom. The Morgan fingerprint density at radius 2 is 2.29 bits per heavy atom. The van der Waals surface area contributed by atoms with Gasteiger partial charge < -0.3 is 15.8 Å². The molecule has 0 aromatic heterocycles. The molecule has 4 nitrogen and oxygen atoms in total. The van der Waals surface area contributed by atoms with Gasteiger partial charge in [0.15, 0.2) is 0 Å². The van der Waals surface area contributed by atoms with Crippen molar-refractivity contribution in [2.45, 2.75) is 58.1 Å². The second-order valence-corrected chi connectivity index (χ2v) is 5.03.